The molecule has 1 heterocycles. The molecule has 2 unspecified atom stereocenters. The number of nitrogens with zero attached hydrogens (tertiary/aromatic N) is 1. The fourth-order valence-electron chi connectivity index (χ4n) is 2.87. The third kappa shape index (κ3) is 3.93. The average Bonchev–Trinajstić information content (AvgIpc) is 2.23. The minimum atomic E-state index is -0.00863. The van der Waals surface area contributed by atoms with Crippen molar-refractivity contribution in [2.75, 3.05) is 19.6 Å². The van der Waals surface area contributed by atoms with E-state index in [0.717, 1.165) is 13.0 Å². The molecule has 2 fully saturated rings. The third-order valence-corrected chi connectivity index (χ3v) is 3.81. The number of piperidine rings is 1. The molecule has 2 rings (SSSR count). The lowest BCUT2D eigenvalue weighted by Crippen LogP contribution is -3.00. The highest BCUT2D eigenvalue weighted by Gasteiger charge is 2.25. The first kappa shape index (κ1) is 13.3. The minimum absolute atomic E-state index is 0. The van der Waals surface area contributed by atoms with Crippen molar-refractivity contribution in [3.05, 3.63) is 0 Å². The molecule has 0 aromatic carbocycles. The number of aliphatic hydroxyl groups excluding tert-OH is 1. The van der Waals surface area contributed by atoms with Gasteiger partial charge in [0.15, 0.2) is 0 Å². The summed E-state index contributed by atoms with van der Waals surface area (Å²) in [7, 11) is 0. The Labute approximate surface area is 99.4 Å². The van der Waals surface area contributed by atoms with Crippen LogP contribution in [-0.4, -0.2) is 35.7 Å². The van der Waals surface area contributed by atoms with Gasteiger partial charge in [-0.1, -0.05) is 19.3 Å². The van der Waals surface area contributed by atoms with Gasteiger partial charge in [0.1, 0.15) is 0 Å². The van der Waals surface area contributed by atoms with Crippen molar-refractivity contribution in [2.45, 2.75) is 51.0 Å². The summed E-state index contributed by atoms with van der Waals surface area (Å²) >= 11 is 0. The summed E-state index contributed by atoms with van der Waals surface area (Å²) in [6.45, 7) is 3.69. The summed E-state index contributed by atoms with van der Waals surface area (Å²) in [6.07, 6.45) is 8.98. The van der Waals surface area contributed by atoms with Crippen molar-refractivity contribution < 1.29 is 17.5 Å². The molecule has 1 saturated heterocycles. The van der Waals surface area contributed by atoms with Gasteiger partial charge in [-0.2, -0.15) is 0 Å². The van der Waals surface area contributed by atoms with Crippen LogP contribution in [0, 0.1) is 5.92 Å². The van der Waals surface area contributed by atoms with Gasteiger partial charge < -0.3 is 22.4 Å². The molecule has 0 spiro atoms. The van der Waals surface area contributed by atoms with Crippen molar-refractivity contribution in [1.82, 2.24) is 4.90 Å². The van der Waals surface area contributed by atoms with Crippen molar-refractivity contribution in [1.29, 1.82) is 0 Å². The molecule has 0 amide bonds. The summed E-state index contributed by atoms with van der Waals surface area (Å²) in [5.41, 5.74) is 0. The molecular formula is C12H23ClNO-. The number of likely N-dealkylation sites (tertiary alicyclic amines) is 1. The maximum absolute atomic E-state index is 9.87. The van der Waals surface area contributed by atoms with E-state index in [1.54, 1.807) is 0 Å². The Balaban J connectivity index is 0.00000112. The summed E-state index contributed by atoms with van der Waals surface area (Å²) in [5.74, 6) is 0.571. The number of aliphatic hydroxyl groups is 1. The van der Waals surface area contributed by atoms with Crippen LogP contribution in [0.2, 0.25) is 0 Å². The quantitative estimate of drug-likeness (QED) is 0.662. The molecule has 90 valence electrons. The molecule has 0 radical (unpaired) electrons. The van der Waals surface area contributed by atoms with E-state index in [-0.39, 0.29) is 18.5 Å². The van der Waals surface area contributed by atoms with E-state index in [2.05, 4.69) is 4.90 Å². The van der Waals surface area contributed by atoms with E-state index in [4.69, 9.17) is 0 Å². The first-order chi connectivity index (χ1) is 6.86. The van der Waals surface area contributed by atoms with Crippen LogP contribution in [0.4, 0.5) is 0 Å². The fourth-order valence-corrected chi connectivity index (χ4v) is 2.87. The van der Waals surface area contributed by atoms with E-state index in [0.29, 0.717) is 5.92 Å². The lowest BCUT2D eigenvalue weighted by atomic mass is 9.86. The Hall–Kier alpha value is 0.210. The summed E-state index contributed by atoms with van der Waals surface area (Å²) in [6, 6.07) is 0. The number of hydrogen-bond acceptors (Lipinski definition) is 2. The van der Waals surface area contributed by atoms with Crippen LogP contribution in [0.1, 0.15) is 44.9 Å². The molecule has 15 heavy (non-hydrogen) atoms. The highest BCUT2D eigenvalue weighted by molar-refractivity contribution is 4.78. The topological polar surface area (TPSA) is 23.5 Å². The second-order valence-corrected chi connectivity index (χ2v) is 4.97. The zero-order valence-corrected chi connectivity index (χ0v) is 10.3. The van der Waals surface area contributed by atoms with E-state index in [1.807, 2.05) is 0 Å². The predicted octanol–water partition coefficient (Wildman–Crippen LogP) is -0.973. The van der Waals surface area contributed by atoms with Gasteiger partial charge in [0, 0.05) is 6.54 Å². The molecule has 1 saturated carbocycles. The van der Waals surface area contributed by atoms with Crippen molar-refractivity contribution >= 4 is 0 Å². The second kappa shape index (κ2) is 6.72. The smallest absolute Gasteiger partial charge is 0.0580 e. The van der Waals surface area contributed by atoms with Crippen LogP contribution in [-0.2, 0) is 0 Å². The van der Waals surface area contributed by atoms with Gasteiger partial charge in [0.25, 0.3) is 0 Å². The number of halogens is 1. The van der Waals surface area contributed by atoms with Crippen LogP contribution >= 0.6 is 0 Å². The van der Waals surface area contributed by atoms with Gasteiger partial charge in [0.05, 0.1) is 6.10 Å². The first-order valence-electron chi connectivity index (χ1n) is 6.26. The van der Waals surface area contributed by atoms with Gasteiger partial charge in [-0.3, -0.25) is 0 Å². The molecule has 1 aliphatic carbocycles. The first-order valence-corrected chi connectivity index (χ1v) is 6.26. The minimum Gasteiger partial charge on any atom is -1.00 e. The zero-order valence-electron chi connectivity index (χ0n) is 9.50. The lowest BCUT2D eigenvalue weighted by molar-refractivity contribution is -0.00000705. The van der Waals surface area contributed by atoms with Crippen LogP contribution in [0.5, 0.6) is 0 Å². The molecule has 1 aliphatic heterocycles. The van der Waals surface area contributed by atoms with Gasteiger partial charge in [-0.05, 0) is 44.7 Å². The Kier molecular flexibility index (Phi) is 5.95. The van der Waals surface area contributed by atoms with Crippen LogP contribution in [0.25, 0.3) is 0 Å². The van der Waals surface area contributed by atoms with Gasteiger partial charge in [0.2, 0.25) is 0 Å². The van der Waals surface area contributed by atoms with Gasteiger partial charge in [-0.25, -0.2) is 0 Å². The van der Waals surface area contributed by atoms with E-state index < -0.39 is 0 Å². The maximum Gasteiger partial charge on any atom is 0.0580 e. The molecule has 2 atom stereocenters. The van der Waals surface area contributed by atoms with Gasteiger partial charge >= 0.3 is 0 Å². The largest absolute Gasteiger partial charge is 1.00 e. The normalized spacial score (nSPS) is 33.4. The zero-order chi connectivity index (χ0) is 9.80. The standard InChI is InChI=1S/C12H23NO.ClH/c14-12-7-3-2-6-11(12)10-13-8-4-1-5-9-13;/h11-12,14H,1-10H2;1H/p-1. The molecule has 0 aromatic rings. The SMILES string of the molecule is OC1CCCCC1CN1CCCCC1.[Cl-]. The fraction of sp³-hybridized carbons (Fsp3) is 1.00. The van der Waals surface area contributed by atoms with Crippen molar-refractivity contribution in [2.24, 2.45) is 5.92 Å². The third-order valence-electron chi connectivity index (χ3n) is 3.81. The monoisotopic (exact) mass is 232 g/mol. The Morgan fingerprint density at radius 1 is 0.933 bits per heavy atom. The Morgan fingerprint density at radius 3 is 2.27 bits per heavy atom. The average molecular weight is 233 g/mol. The molecular weight excluding hydrogens is 210 g/mol. The molecule has 0 aromatic heterocycles. The lowest BCUT2D eigenvalue weighted by Gasteiger charge is -2.34. The molecule has 1 N–H and O–H groups in total. The highest BCUT2D eigenvalue weighted by Crippen LogP contribution is 2.25. The van der Waals surface area contributed by atoms with Crippen molar-refractivity contribution in [3.8, 4) is 0 Å². The van der Waals surface area contributed by atoms with Crippen LogP contribution in [0.15, 0.2) is 0 Å². The number of rotatable bonds is 2. The van der Waals surface area contributed by atoms with Crippen LogP contribution in [0.3, 0.4) is 0 Å². The molecule has 2 nitrogen and oxygen atoms in total. The predicted molar refractivity (Wildman–Crippen MR) is 58.3 cm³/mol. The summed E-state index contributed by atoms with van der Waals surface area (Å²) < 4.78 is 0. The Morgan fingerprint density at radius 2 is 1.60 bits per heavy atom. The molecule has 3 heteroatoms. The highest BCUT2D eigenvalue weighted by atomic mass is 35.5. The Bertz CT molecular complexity index is 171. The summed E-state index contributed by atoms with van der Waals surface area (Å²) in [4.78, 5) is 2.56. The maximum atomic E-state index is 9.87. The van der Waals surface area contributed by atoms with Crippen molar-refractivity contribution in [3.63, 3.8) is 0 Å². The van der Waals surface area contributed by atoms with E-state index >= 15 is 0 Å². The molecule has 2 aliphatic rings. The number of hydrogen-bond donors (Lipinski definition) is 1. The second-order valence-electron chi connectivity index (χ2n) is 4.97. The van der Waals surface area contributed by atoms with E-state index in [1.165, 1.54) is 51.6 Å². The summed E-state index contributed by atoms with van der Waals surface area (Å²) in [5, 5.41) is 9.87. The van der Waals surface area contributed by atoms with E-state index in [9.17, 15) is 5.11 Å². The van der Waals surface area contributed by atoms with Crippen LogP contribution < -0.4 is 12.4 Å². The molecule has 0 bridgehead atoms. The van der Waals surface area contributed by atoms with Gasteiger partial charge in [-0.15, -0.1) is 0 Å².